The van der Waals surface area contributed by atoms with Crippen LogP contribution in [-0.4, -0.2) is 27.1 Å². The van der Waals surface area contributed by atoms with Crippen molar-refractivity contribution < 1.29 is 9.53 Å². The maximum atomic E-state index is 12.2. The van der Waals surface area contributed by atoms with Crippen LogP contribution in [-0.2, 0) is 17.9 Å². The first-order valence-corrected chi connectivity index (χ1v) is 9.15. The number of carbonyl (C=O) groups is 1. The summed E-state index contributed by atoms with van der Waals surface area (Å²) in [6, 6.07) is 24.9. The third kappa shape index (κ3) is 4.65. The zero-order valence-corrected chi connectivity index (χ0v) is 15.6. The SMILES string of the molecule is O=C(Cn1nnc2ccccc21)N/N=C/c1ccccc1OCc1ccccc1. The highest BCUT2D eigenvalue weighted by molar-refractivity contribution is 5.85. The minimum absolute atomic E-state index is 0.0318. The van der Waals surface area contributed by atoms with Gasteiger partial charge in [0.15, 0.2) is 0 Å². The fourth-order valence-corrected chi connectivity index (χ4v) is 2.83. The van der Waals surface area contributed by atoms with E-state index in [0.717, 1.165) is 22.2 Å². The zero-order chi connectivity index (χ0) is 19.9. The lowest BCUT2D eigenvalue weighted by atomic mass is 10.2. The van der Waals surface area contributed by atoms with Crippen molar-refractivity contribution in [2.75, 3.05) is 0 Å². The van der Waals surface area contributed by atoms with Crippen molar-refractivity contribution >= 4 is 23.2 Å². The van der Waals surface area contributed by atoms with E-state index in [9.17, 15) is 4.79 Å². The molecule has 0 aliphatic carbocycles. The average Bonchev–Trinajstić information content (AvgIpc) is 3.16. The van der Waals surface area contributed by atoms with Gasteiger partial charge < -0.3 is 4.74 Å². The van der Waals surface area contributed by atoms with Crippen LogP contribution in [0.3, 0.4) is 0 Å². The van der Waals surface area contributed by atoms with Gasteiger partial charge in [-0.3, -0.25) is 4.79 Å². The standard InChI is InChI=1S/C22H19N5O2/c28-22(15-27-20-12-6-5-11-19(20)24-26-27)25-23-14-18-10-4-7-13-21(18)29-16-17-8-2-1-3-9-17/h1-14H,15-16H2,(H,25,28)/b23-14+. The predicted molar refractivity (Wildman–Crippen MR) is 110 cm³/mol. The molecule has 0 saturated carbocycles. The molecule has 0 fully saturated rings. The van der Waals surface area contributed by atoms with Crippen LogP contribution in [0.1, 0.15) is 11.1 Å². The van der Waals surface area contributed by atoms with Crippen LogP contribution in [0.5, 0.6) is 5.75 Å². The molecule has 1 amide bonds. The summed E-state index contributed by atoms with van der Waals surface area (Å²) in [5.41, 5.74) is 5.91. The van der Waals surface area contributed by atoms with E-state index in [-0.39, 0.29) is 12.5 Å². The molecule has 144 valence electrons. The number of para-hydroxylation sites is 2. The van der Waals surface area contributed by atoms with Crippen molar-refractivity contribution in [2.24, 2.45) is 5.10 Å². The van der Waals surface area contributed by atoms with Gasteiger partial charge in [0.05, 0.1) is 11.7 Å². The average molecular weight is 385 g/mol. The number of ether oxygens (including phenoxy) is 1. The molecule has 0 aliphatic heterocycles. The molecule has 0 radical (unpaired) electrons. The number of nitrogens with zero attached hydrogens (tertiary/aromatic N) is 4. The van der Waals surface area contributed by atoms with Gasteiger partial charge in [0.1, 0.15) is 24.4 Å². The van der Waals surface area contributed by atoms with E-state index in [1.807, 2.05) is 78.9 Å². The molecular weight excluding hydrogens is 366 g/mol. The number of nitrogens with one attached hydrogen (secondary N) is 1. The third-order valence-electron chi connectivity index (χ3n) is 4.26. The Bertz CT molecular complexity index is 1140. The second-order valence-corrected chi connectivity index (χ2v) is 6.34. The second kappa shape index (κ2) is 8.79. The molecule has 1 heterocycles. The van der Waals surface area contributed by atoms with E-state index < -0.39 is 0 Å². The molecule has 1 aromatic heterocycles. The molecule has 3 aromatic carbocycles. The summed E-state index contributed by atoms with van der Waals surface area (Å²) in [6.07, 6.45) is 1.57. The number of rotatable bonds is 7. The summed E-state index contributed by atoms with van der Waals surface area (Å²) in [6.45, 7) is 0.488. The molecule has 0 saturated heterocycles. The Kier molecular flexibility index (Phi) is 5.57. The van der Waals surface area contributed by atoms with E-state index in [1.54, 1.807) is 6.21 Å². The number of hydrogen-bond acceptors (Lipinski definition) is 5. The van der Waals surface area contributed by atoms with Gasteiger partial charge in [0.25, 0.3) is 5.91 Å². The van der Waals surface area contributed by atoms with E-state index >= 15 is 0 Å². The van der Waals surface area contributed by atoms with Gasteiger partial charge in [0.2, 0.25) is 0 Å². The summed E-state index contributed by atoms with van der Waals surface area (Å²) >= 11 is 0. The molecular formula is C22H19N5O2. The van der Waals surface area contributed by atoms with Crippen molar-refractivity contribution in [3.8, 4) is 5.75 Å². The van der Waals surface area contributed by atoms with Crippen LogP contribution in [0.4, 0.5) is 0 Å². The van der Waals surface area contributed by atoms with Gasteiger partial charge in [-0.05, 0) is 29.8 Å². The Morgan fingerprint density at radius 2 is 1.76 bits per heavy atom. The van der Waals surface area contributed by atoms with Crippen molar-refractivity contribution in [3.05, 3.63) is 90.0 Å². The molecule has 7 nitrogen and oxygen atoms in total. The number of benzene rings is 3. The minimum Gasteiger partial charge on any atom is -0.488 e. The van der Waals surface area contributed by atoms with Gasteiger partial charge in [-0.1, -0.05) is 59.8 Å². The van der Waals surface area contributed by atoms with Crippen LogP contribution in [0, 0.1) is 0 Å². The summed E-state index contributed by atoms with van der Waals surface area (Å²) in [5.74, 6) is 0.399. The Labute approximate surface area is 167 Å². The number of aromatic nitrogens is 3. The molecule has 0 spiro atoms. The summed E-state index contributed by atoms with van der Waals surface area (Å²) in [5, 5.41) is 12.1. The number of hydrazone groups is 1. The lowest BCUT2D eigenvalue weighted by Crippen LogP contribution is -2.23. The number of fused-ring (bicyclic) bond motifs is 1. The van der Waals surface area contributed by atoms with E-state index in [0.29, 0.717) is 12.4 Å². The Balaban J connectivity index is 1.37. The monoisotopic (exact) mass is 385 g/mol. The van der Waals surface area contributed by atoms with Crippen molar-refractivity contribution in [1.29, 1.82) is 0 Å². The Morgan fingerprint density at radius 1 is 1.00 bits per heavy atom. The van der Waals surface area contributed by atoms with Crippen LogP contribution < -0.4 is 10.2 Å². The first kappa shape index (κ1) is 18.4. The maximum absolute atomic E-state index is 12.2. The van der Waals surface area contributed by atoms with Gasteiger partial charge in [-0.2, -0.15) is 5.10 Å². The van der Waals surface area contributed by atoms with Crippen molar-refractivity contribution in [1.82, 2.24) is 20.4 Å². The fraction of sp³-hybridized carbons (Fsp3) is 0.0909. The van der Waals surface area contributed by atoms with E-state index in [1.165, 1.54) is 4.68 Å². The third-order valence-corrected chi connectivity index (χ3v) is 4.26. The molecule has 29 heavy (non-hydrogen) atoms. The smallest absolute Gasteiger partial charge is 0.261 e. The van der Waals surface area contributed by atoms with Gasteiger partial charge >= 0.3 is 0 Å². The van der Waals surface area contributed by atoms with Crippen LogP contribution in [0.25, 0.3) is 11.0 Å². The zero-order valence-electron chi connectivity index (χ0n) is 15.6. The highest BCUT2D eigenvalue weighted by Gasteiger charge is 2.08. The lowest BCUT2D eigenvalue weighted by Gasteiger charge is -2.09. The molecule has 0 unspecified atom stereocenters. The molecule has 7 heteroatoms. The fourth-order valence-electron chi connectivity index (χ4n) is 2.83. The molecule has 0 aliphatic rings. The highest BCUT2D eigenvalue weighted by atomic mass is 16.5. The molecule has 4 aromatic rings. The quantitative estimate of drug-likeness (QED) is 0.391. The summed E-state index contributed by atoms with van der Waals surface area (Å²) in [4.78, 5) is 12.2. The first-order valence-electron chi connectivity index (χ1n) is 9.15. The number of amides is 1. The predicted octanol–water partition coefficient (Wildman–Crippen LogP) is 3.16. The Hall–Kier alpha value is -4.00. The largest absolute Gasteiger partial charge is 0.488 e. The maximum Gasteiger partial charge on any atom is 0.261 e. The summed E-state index contributed by atoms with van der Waals surface area (Å²) in [7, 11) is 0. The summed E-state index contributed by atoms with van der Waals surface area (Å²) < 4.78 is 7.43. The molecule has 4 rings (SSSR count). The van der Waals surface area contributed by atoms with Gasteiger partial charge in [-0.15, -0.1) is 5.10 Å². The minimum atomic E-state index is -0.292. The molecule has 0 atom stereocenters. The van der Waals surface area contributed by atoms with E-state index in [4.69, 9.17) is 4.74 Å². The van der Waals surface area contributed by atoms with Gasteiger partial charge in [0, 0.05) is 5.56 Å². The first-order chi connectivity index (χ1) is 14.3. The van der Waals surface area contributed by atoms with E-state index in [2.05, 4.69) is 20.8 Å². The number of hydrogen-bond donors (Lipinski definition) is 1. The van der Waals surface area contributed by atoms with Crippen LogP contribution in [0.2, 0.25) is 0 Å². The van der Waals surface area contributed by atoms with Crippen molar-refractivity contribution in [2.45, 2.75) is 13.2 Å². The molecule has 0 bridgehead atoms. The normalized spacial score (nSPS) is 11.0. The second-order valence-electron chi connectivity index (χ2n) is 6.34. The van der Waals surface area contributed by atoms with Crippen molar-refractivity contribution in [3.63, 3.8) is 0 Å². The highest BCUT2D eigenvalue weighted by Crippen LogP contribution is 2.17. The van der Waals surface area contributed by atoms with Crippen LogP contribution in [0.15, 0.2) is 84.0 Å². The van der Waals surface area contributed by atoms with Crippen LogP contribution >= 0.6 is 0 Å². The lowest BCUT2D eigenvalue weighted by molar-refractivity contribution is -0.121. The topological polar surface area (TPSA) is 81.4 Å². The Morgan fingerprint density at radius 3 is 2.66 bits per heavy atom. The molecule has 1 N–H and O–H groups in total. The number of carbonyl (C=O) groups excluding carboxylic acids is 1. The van der Waals surface area contributed by atoms with Gasteiger partial charge in [-0.25, -0.2) is 10.1 Å².